The van der Waals surface area contributed by atoms with Crippen LogP contribution in [0.2, 0.25) is 0 Å². The van der Waals surface area contributed by atoms with Crippen molar-refractivity contribution >= 4 is 16.8 Å². The molecule has 0 saturated carbocycles. The number of hydrogen-bond donors (Lipinski definition) is 0. The maximum Gasteiger partial charge on any atom is 0.387 e. The van der Waals surface area contributed by atoms with Gasteiger partial charge in [0.15, 0.2) is 6.20 Å². The first-order chi connectivity index (χ1) is 14.8. The molecule has 0 spiro atoms. The molecule has 0 saturated heterocycles. The monoisotopic (exact) mass is 435 g/mol. The van der Waals surface area contributed by atoms with Gasteiger partial charge in [0.25, 0.3) is 5.52 Å². The summed E-state index contributed by atoms with van der Waals surface area (Å²) in [6, 6.07) is 29.4. The SMILES string of the molecule is Cc1cc[n+]2c(oc3ccc(-c4ccccc4)cc32)c1-c1ccccc1.[O-][Cl+3]([O-])([O-])[O-]. The molecule has 0 bridgehead atoms. The van der Waals surface area contributed by atoms with Crippen LogP contribution in [0, 0.1) is 17.2 Å². The van der Waals surface area contributed by atoms with E-state index in [0.29, 0.717) is 0 Å². The van der Waals surface area contributed by atoms with Crippen LogP contribution in [0.4, 0.5) is 0 Å². The molecule has 2 aromatic heterocycles. The Balaban J connectivity index is 0.000000418. The molecule has 156 valence electrons. The van der Waals surface area contributed by atoms with Crippen molar-refractivity contribution in [1.29, 1.82) is 0 Å². The van der Waals surface area contributed by atoms with Crippen LogP contribution in [0.25, 0.3) is 39.1 Å². The molecule has 7 heteroatoms. The van der Waals surface area contributed by atoms with Crippen LogP contribution in [0.15, 0.2) is 95.5 Å². The van der Waals surface area contributed by atoms with Crippen molar-refractivity contribution < 1.29 is 37.7 Å². The summed E-state index contributed by atoms with van der Waals surface area (Å²) in [5.74, 6) is 0. The average Bonchev–Trinajstić information content (AvgIpc) is 3.11. The molecule has 3 aromatic carbocycles. The first kappa shape index (κ1) is 21.0. The van der Waals surface area contributed by atoms with Gasteiger partial charge >= 0.3 is 5.71 Å². The zero-order valence-corrected chi connectivity index (χ0v) is 17.3. The first-order valence-corrected chi connectivity index (χ1v) is 10.6. The van der Waals surface area contributed by atoms with E-state index in [1.165, 1.54) is 22.3 Å². The highest BCUT2D eigenvalue weighted by Crippen LogP contribution is 2.30. The molecule has 6 nitrogen and oxygen atoms in total. The Morgan fingerprint density at radius 3 is 1.90 bits per heavy atom. The fraction of sp³-hybridized carbons (Fsp3) is 0.0417. The van der Waals surface area contributed by atoms with Gasteiger partial charge in [0.1, 0.15) is 0 Å². The van der Waals surface area contributed by atoms with Crippen LogP contribution in [0.3, 0.4) is 0 Å². The van der Waals surface area contributed by atoms with Crippen LogP contribution in [0.5, 0.6) is 0 Å². The topological polar surface area (TPSA) is 109 Å². The first-order valence-electron chi connectivity index (χ1n) is 9.41. The quantitative estimate of drug-likeness (QED) is 0.385. The predicted octanol–water partition coefficient (Wildman–Crippen LogP) is 1.06. The third-order valence-electron chi connectivity index (χ3n) is 4.90. The summed E-state index contributed by atoms with van der Waals surface area (Å²) < 4.78 is 42.4. The fourth-order valence-corrected chi connectivity index (χ4v) is 3.58. The standard InChI is InChI=1S/C24H18NO.ClHO4/c1-17-14-15-25-21-16-20(18-8-4-2-5-9-18)12-13-22(21)26-24(25)23(17)19-10-6-3-7-11-19;2-1(3,4)5/h2-16H,1H3;(H,2,3,4,5)/q+1;/p-1. The number of halogens is 1. The molecule has 2 heterocycles. The van der Waals surface area contributed by atoms with E-state index in [-0.39, 0.29) is 0 Å². The Kier molecular flexibility index (Phi) is 5.73. The molecule has 0 unspecified atom stereocenters. The van der Waals surface area contributed by atoms with Gasteiger partial charge < -0.3 is 4.42 Å². The van der Waals surface area contributed by atoms with E-state index in [9.17, 15) is 0 Å². The lowest BCUT2D eigenvalue weighted by Gasteiger charge is -2.17. The number of rotatable bonds is 2. The lowest BCUT2D eigenvalue weighted by molar-refractivity contribution is -2.00. The van der Waals surface area contributed by atoms with Gasteiger partial charge in [-0.2, -0.15) is 0 Å². The molecule has 0 amide bonds. The number of hydrogen-bond acceptors (Lipinski definition) is 5. The van der Waals surface area contributed by atoms with Crippen molar-refractivity contribution in [2.24, 2.45) is 0 Å². The van der Waals surface area contributed by atoms with E-state index in [1.54, 1.807) is 0 Å². The van der Waals surface area contributed by atoms with Gasteiger partial charge in [-0.3, -0.25) is 0 Å². The Bertz CT molecular complexity index is 1320. The van der Waals surface area contributed by atoms with Crippen molar-refractivity contribution in [2.45, 2.75) is 6.92 Å². The number of benzene rings is 3. The second-order valence-corrected chi connectivity index (χ2v) is 7.70. The highest BCUT2D eigenvalue weighted by Gasteiger charge is 2.22. The van der Waals surface area contributed by atoms with Crippen molar-refractivity contribution in [1.82, 2.24) is 0 Å². The lowest BCUT2D eigenvalue weighted by atomic mass is 10.0. The van der Waals surface area contributed by atoms with Crippen molar-refractivity contribution in [2.75, 3.05) is 0 Å². The second-order valence-electron chi connectivity index (χ2n) is 6.94. The molecule has 5 aromatic rings. The van der Waals surface area contributed by atoms with Crippen LogP contribution in [-0.2, 0) is 0 Å². The molecular formula is C24H18ClNO5. The summed E-state index contributed by atoms with van der Waals surface area (Å²) in [6.45, 7) is 2.13. The third-order valence-corrected chi connectivity index (χ3v) is 4.90. The Hall–Kier alpha value is -3.26. The third kappa shape index (κ3) is 4.74. The van der Waals surface area contributed by atoms with Gasteiger partial charge in [0, 0.05) is 12.1 Å². The van der Waals surface area contributed by atoms with Crippen LogP contribution in [0.1, 0.15) is 5.56 Å². The number of oxazole rings is 1. The second kappa shape index (κ2) is 8.47. The molecule has 0 atom stereocenters. The maximum atomic E-state index is 8.49. The van der Waals surface area contributed by atoms with Crippen LogP contribution >= 0.6 is 0 Å². The summed E-state index contributed by atoms with van der Waals surface area (Å²) in [5.41, 5.74) is 8.78. The van der Waals surface area contributed by atoms with Gasteiger partial charge in [-0.05, 0) is 35.2 Å². The van der Waals surface area contributed by atoms with E-state index in [2.05, 4.69) is 90.3 Å². The van der Waals surface area contributed by atoms with Crippen LogP contribution < -0.4 is 23.0 Å². The number of aromatic nitrogens is 1. The number of fused-ring (bicyclic) bond motifs is 3. The normalized spacial score (nSPS) is 11.4. The minimum atomic E-state index is -4.94. The predicted molar refractivity (Wildman–Crippen MR) is 105 cm³/mol. The molecule has 5 rings (SSSR count). The average molecular weight is 436 g/mol. The fourth-order valence-electron chi connectivity index (χ4n) is 3.58. The van der Waals surface area contributed by atoms with E-state index >= 15 is 0 Å². The van der Waals surface area contributed by atoms with Crippen molar-refractivity contribution in [3.63, 3.8) is 0 Å². The molecule has 0 aliphatic heterocycles. The Morgan fingerprint density at radius 1 is 0.710 bits per heavy atom. The van der Waals surface area contributed by atoms with E-state index in [4.69, 9.17) is 23.1 Å². The number of pyridine rings is 1. The molecule has 31 heavy (non-hydrogen) atoms. The van der Waals surface area contributed by atoms with Crippen molar-refractivity contribution in [3.8, 4) is 22.3 Å². The summed E-state index contributed by atoms with van der Waals surface area (Å²) in [6.07, 6.45) is 2.09. The van der Waals surface area contributed by atoms with Gasteiger partial charge in [-0.1, -0.05) is 66.7 Å². The van der Waals surface area contributed by atoms with Gasteiger partial charge in [-0.15, -0.1) is 14.6 Å². The van der Waals surface area contributed by atoms with Gasteiger partial charge in [0.05, 0.1) is 5.56 Å². The number of aryl methyl sites for hydroxylation is 1. The molecule has 0 radical (unpaired) electrons. The minimum absolute atomic E-state index is 0.886. The van der Waals surface area contributed by atoms with Gasteiger partial charge in [-0.25, -0.2) is 18.6 Å². The Morgan fingerprint density at radius 2 is 1.29 bits per heavy atom. The molecule has 0 fully saturated rings. The highest BCUT2D eigenvalue weighted by molar-refractivity contribution is 5.83. The maximum absolute atomic E-state index is 8.49. The highest BCUT2D eigenvalue weighted by atomic mass is 35.7. The zero-order chi connectivity index (χ0) is 22.0. The zero-order valence-electron chi connectivity index (χ0n) is 16.5. The summed E-state index contributed by atoms with van der Waals surface area (Å²) in [7, 11) is -4.94. The van der Waals surface area contributed by atoms with E-state index in [0.717, 1.165) is 22.4 Å². The molecule has 0 N–H and O–H groups in total. The smallest absolute Gasteiger partial charge is 0.387 e. The minimum Gasteiger partial charge on any atom is -0.397 e. The largest absolute Gasteiger partial charge is 0.397 e. The van der Waals surface area contributed by atoms with Gasteiger partial charge in [0.2, 0.25) is 5.58 Å². The van der Waals surface area contributed by atoms with Crippen molar-refractivity contribution in [3.05, 3.63) is 96.7 Å². The lowest BCUT2D eigenvalue weighted by Crippen LogP contribution is -2.68. The molecular weight excluding hydrogens is 418 g/mol. The summed E-state index contributed by atoms with van der Waals surface area (Å²) in [5, 5.41) is 0. The van der Waals surface area contributed by atoms with E-state index < -0.39 is 10.2 Å². The molecule has 0 aliphatic carbocycles. The number of nitrogens with zero attached hydrogens (tertiary/aromatic N) is 1. The molecule has 0 aliphatic rings. The summed E-state index contributed by atoms with van der Waals surface area (Å²) in [4.78, 5) is 0. The van der Waals surface area contributed by atoms with Crippen LogP contribution in [-0.4, -0.2) is 0 Å². The summed E-state index contributed by atoms with van der Waals surface area (Å²) >= 11 is 0. The Labute approximate surface area is 180 Å². The van der Waals surface area contributed by atoms with E-state index in [1.807, 2.05) is 12.1 Å².